The molecule has 6 nitrogen and oxygen atoms in total. The Morgan fingerprint density at radius 3 is 2.71 bits per heavy atom. The summed E-state index contributed by atoms with van der Waals surface area (Å²) in [4.78, 5) is 20.3. The fourth-order valence-electron chi connectivity index (χ4n) is 5.26. The van der Waals surface area contributed by atoms with Gasteiger partial charge in [0.15, 0.2) is 14.3 Å². The maximum absolute atomic E-state index is 13.0. The lowest BCUT2D eigenvalue weighted by Crippen LogP contribution is -2.56. The van der Waals surface area contributed by atoms with Crippen LogP contribution in [0.5, 0.6) is 0 Å². The summed E-state index contributed by atoms with van der Waals surface area (Å²) < 4.78 is 12.0. The normalized spacial score (nSPS) is 25.4. The van der Waals surface area contributed by atoms with Crippen LogP contribution in [0.4, 0.5) is 0 Å². The van der Waals surface area contributed by atoms with Crippen LogP contribution in [0.2, 0.25) is 18.1 Å². The van der Waals surface area contributed by atoms with Crippen molar-refractivity contribution in [3.63, 3.8) is 0 Å². The highest BCUT2D eigenvalue weighted by molar-refractivity contribution is 6.74. The summed E-state index contributed by atoms with van der Waals surface area (Å²) in [5.41, 5.74) is 1.82. The summed E-state index contributed by atoms with van der Waals surface area (Å²) in [6.45, 7) is 19.9. The van der Waals surface area contributed by atoms with E-state index in [1.807, 2.05) is 0 Å². The maximum atomic E-state index is 13.0. The number of aliphatic imine (C=N–C) groups is 1. The molecular weight excluding hydrogens is 442 g/mol. The van der Waals surface area contributed by atoms with E-state index in [1.54, 1.807) is 6.08 Å². The van der Waals surface area contributed by atoms with Crippen LogP contribution in [-0.4, -0.2) is 56.0 Å². The van der Waals surface area contributed by atoms with Gasteiger partial charge in [-0.3, -0.25) is 0 Å². The average molecular weight is 490 g/mol. The molecular formula is C27H47N3O3Si. The summed E-state index contributed by atoms with van der Waals surface area (Å²) in [7, 11) is -1.72. The Hall–Kier alpha value is -1.60. The molecule has 1 fully saturated rings. The molecule has 1 saturated heterocycles. The lowest BCUT2D eigenvalue weighted by Gasteiger charge is -2.42. The second-order valence-corrected chi connectivity index (χ2v) is 16.6. The van der Waals surface area contributed by atoms with E-state index in [1.165, 1.54) is 0 Å². The van der Waals surface area contributed by atoms with Gasteiger partial charge in [0.1, 0.15) is 6.61 Å². The van der Waals surface area contributed by atoms with Crippen LogP contribution < -0.4 is 5.32 Å². The molecule has 0 aromatic carbocycles. The first-order chi connectivity index (χ1) is 15.9. The molecule has 1 N–H and O–H groups in total. The summed E-state index contributed by atoms with van der Waals surface area (Å²) in [5.74, 6) is 0.750. The number of ether oxygens (including phenoxy) is 1. The van der Waals surface area contributed by atoms with Crippen LogP contribution in [0, 0.1) is 0 Å². The van der Waals surface area contributed by atoms with Crippen LogP contribution in [0.3, 0.4) is 0 Å². The Morgan fingerprint density at radius 1 is 1.29 bits per heavy atom. The molecule has 0 unspecified atom stereocenters. The zero-order chi connectivity index (χ0) is 25.1. The second kappa shape index (κ2) is 11.0. The molecule has 3 heterocycles. The van der Waals surface area contributed by atoms with Gasteiger partial charge in [0.05, 0.1) is 17.7 Å². The van der Waals surface area contributed by atoms with Gasteiger partial charge in [-0.25, -0.2) is 9.79 Å². The average Bonchev–Trinajstić information content (AvgIpc) is 3.14. The van der Waals surface area contributed by atoms with Gasteiger partial charge in [0.2, 0.25) is 0 Å². The van der Waals surface area contributed by atoms with Crippen molar-refractivity contribution in [2.24, 2.45) is 4.99 Å². The number of rotatable bonds is 11. The molecule has 3 rings (SSSR count). The molecule has 34 heavy (non-hydrogen) atoms. The Bertz CT molecular complexity index is 814. The molecule has 0 amide bonds. The molecule has 0 bridgehead atoms. The van der Waals surface area contributed by atoms with Crippen molar-refractivity contribution >= 4 is 20.2 Å². The zero-order valence-corrected chi connectivity index (χ0v) is 23.6. The van der Waals surface area contributed by atoms with Gasteiger partial charge in [-0.1, -0.05) is 46.3 Å². The van der Waals surface area contributed by atoms with Gasteiger partial charge in [-0.2, -0.15) is 0 Å². The fraction of sp³-hybridized carbons (Fsp3) is 0.778. The minimum Gasteiger partial charge on any atom is -0.458 e. The third-order valence-electron chi connectivity index (χ3n) is 8.02. The zero-order valence-electron chi connectivity index (χ0n) is 22.6. The van der Waals surface area contributed by atoms with Crippen molar-refractivity contribution in [1.82, 2.24) is 10.2 Å². The highest BCUT2D eigenvalue weighted by atomic mass is 28.4. The Labute approximate surface area is 208 Å². The van der Waals surface area contributed by atoms with E-state index < -0.39 is 8.32 Å². The number of carbonyl (C=O) groups is 1. The van der Waals surface area contributed by atoms with Crippen molar-refractivity contribution in [3.8, 4) is 0 Å². The predicted octanol–water partition coefficient (Wildman–Crippen LogP) is 5.91. The number of allylic oxidation sites excluding steroid dienone is 1. The number of guanidine groups is 1. The summed E-state index contributed by atoms with van der Waals surface area (Å²) >= 11 is 0. The molecule has 0 aliphatic carbocycles. The lowest BCUT2D eigenvalue weighted by atomic mass is 9.96. The molecule has 0 spiro atoms. The van der Waals surface area contributed by atoms with Crippen LogP contribution in [0.1, 0.15) is 86.0 Å². The summed E-state index contributed by atoms with van der Waals surface area (Å²) in [6, 6.07) is 0.870. The van der Waals surface area contributed by atoms with Crippen LogP contribution in [0.25, 0.3) is 0 Å². The third-order valence-corrected chi connectivity index (χ3v) is 12.6. The van der Waals surface area contributed by atoms with Gasteiger partial charge < -0.3 is 19.4 Å². The van der Waals surface area contributed by atoms with E-state index in [4.69, 9.17) is 14.2 Å². The smallest absolute Gasteiger partial charge is 0.338 e. The van der Waals surface area contributed by atoms with E-state index >= 15 is 0 Å². The van der Waals surface area contributed by atoms with Crippen LogP contribution in [0.15, 0.2) is 28.9 Å². The van der Waals surface area contributed by atoms with Crippen molar-refractivity contribution in [2.75, 3.05) is 6.61 Å². The number of carbonyl (C=O) groups excluding carboxylic acids is 1. The van der Waals surface area contributed by atoms with Gasteiger partial charge in [-0.05, 0) is 70.5 Å². The minimum absolute atomic E-state index is 0.0859. The number of hydrogen-bond donors (Lipinski definition) is 1. The summed E-state index contributed by atoms with van der Waals surface area (Å²) in [5, 5.41) is 3.79. The first kappa shape index (κ1) is 27.0. The number of unbranched alkanes of at least 4 members (excludes halogenated alkanes) is 2. The van der Waals surface area contributed by atoms with Gasteiger partial charge >= 0.3 is 5.97 Å². The molecule has 7 heteroatoms. The van der Waals surface area contributed by atoms with E-state index in [0.29, 0.717) is 18.2 Å². The lowest BCUT2D eigenvalue weighted by molar-refractivity contribution is -0.138. The molecule has 0 saturated carbocycles. The highest BCUT2D eigenvalue weighted by Crippen LogP contribution is 2.39. The second-order valence-electron chi connectivity index (χ2n) is 11.9. The van der Waals surface area contributed by atoms with Crippen LogP contribution >= 0.6 is 0 Å². The van der Waals surface area contributed by atoms with E-state index in [-0.39, 0.29) is 23.7 Å². The molecule has 4 atom stereocenters. The molecule has 192 valence electrons. The summed E-state index contributed by atoms with van der Waals surface area (Å²) in [6.07, 6.45) is 10.3. The Kier molecular flexibility index (Phi) is 8.72. The van der Waals surface area contributed by atoms with Crippen LogP contribution in [-0.2, 0) is 14.0 Å². The first-order valence-electron chi connectivity index (χ1n) is 13.3. The maximum Gasteiger partial charge on any atom is 0.338 e. The number of esters is 1. The largest absolute Gasteiger partial charge is 0.458 e. The number of hydrogen-bond acceptors (Lipinski definition) is 6. The molecule has 0 radical (unpaired) electrons. The monoisotopic (exact) mass is 489 g/mol. The van der Waals surface area contributed by atoms with Gasteiger partial charge in [0, 0.05) is 17.8 Å². The van der Waals surface area contributed by atoms with E-state index in [2.05, 4.69) is 64.5 Å². The van der Waals surface area contributed by atoms with Gasteiger partial charge in [0.25, 0.3) is 0 Å². The minimum atomic E-state index is -1.72. The van der Waals surface area contributed by atoms with Crippen molar-refractivity contribution in [1.29, 1.82) is 0 Å². The van der Waals surface area contributed by atoms with Crippen molar-refractivity contribution < 1.29 is 14.0 Å². The SMILES string of the molecule is C=CCOC(=O)C1=C(CCCCC[C@@H](C)O[Si](C)(C)C(C)(C)C)NC2=N[C@@H](C)C[C@H]3CC[C@@H]1N23. The topological polar surface area (TPSA) is 63.2 Å². The van der Waals surface area contributed by atoms with Gasteiger partial charge in [-0.15, -0.1) is 0 Å². The number of nitrogens with one attached hydrogen (secondary N) is 1. The molecule has 3 aliphatic heterocycles. The third kappa shape index (κ3) is 6.14. The first-order valence-corrected chi connectivity index (χ1v) is 16.2. The standard InChI is InChI=1S/C27H47N3O3Si/c1-9-17-32-25(31)24-22(29-26-28-19(2)18-21-15-16-23(24)30(21)26)14-12-10-11-13-20(3)33-34(7,8)27(4,5)6/h9,19-21,23H,1,10-18H2,2-8H3,(H,28,29)/t19-,20+,21+,23-/m0/s1. The Balaban J connectivity index is 1.61. The predicted molar refractivity (Wildman–Crippen MR) is 142 cm³/mol. The van der Waals surface area contributed by atoms with E-state index in [0.717, 1.165) is 68.6 Å². The highest BCUT2D eigenvalue weighted by Gasteiger charge is 2.46. The van der Waals surface area contributed by atoms with E-state index in [9.17, 15) is 4.79 Å². The quantitative estimate of drug-likeness (QED) is 0.169. The van der Waals surface area contributed by atoms with Crippen molar-refractivity contribution in [3.05, 3.63) is 23.9 Å². The number of nitrogens with zero attached hydrogens (tertiary/aromatic N) is 2. The van der Waals surface area contributed by atoms with Crippen molar-refractivity contribution in [2.45, 2.75) is 128 Å². The molecule has 3 aliphatic rings. The molecule has 0 aromatic heterocycles. The Morgan fingerprint density at radius 2 is 2.03 bits per heavy atom. The molecule has 0 aromatic rings. The fourth-order valence-corrected chi connectivity index (χ4v) is 6.74.